The zero-order chi connectivity index (χ0) is 21.2. The highest BCUT2D eigenvalue weighted by Gasteiger charge is 2.36. The van der Waals surface area contributed by atoms with Gasteiger partial charge in [0.05, 0.1) is 29.6 Å². The van der Waals surface area contributed by atoms with E-state index in [1.165, 1.54) is 18.3 Å². The normalized spacial score (nSPS) is 21.1. The maximum absolute atomic E-state index is 12.6. The fourth-order valence-electron chi connectivity index (χ4n) is 3.59. The number of thiophene rings is 1. The third kappa shape index (κ3) is 4.98. The number of ether oxygens (including phenoxy) is 2. The Labute approximate surface area is 173 Å². The van der Waals surface area contributed by atoms with Crippen molar-refractivity contribution in [2.45, 2.75) is 52.1 Å². The Balaban J connectivity index is 1.70. The summed E-state index contributed by atoms with van der Waals surface area (Å²) in [5, 5.41) is 3.11. The summed E-state index contributed by atoms with van der Waals surface area (Å²) in [4.78, 5) is 38.3. The second kappa shape index (κ2) is 8.83. The van der Waals surface area contributed by atoms with E-state index in [0.717, 1.165) is 36.1 Å². The number of sulfone groups is 1. The van der Waals surface area contributed by atoms with E-state index in [1.807, 2.05) is 0 Å². The van der Waals surface area contributed by atoms with Crippen LogP contribution in [0.5, 0.6) is 0 Å². The van der Waals surface area contributed by atoms with Gasteiger partial charge in [0.15, 0.2) is 15.9 Å². The second-order valence-electron chi connectivity index (χ2n) is 7.30. The molecule has 0 aromatic carbocycles. The molecule has 0 bridgehead atoms. The smallest absolute Gasteiger partial charge is 0.341 e. The van der Waals surface area contributed by atoms with Crippen LogP contribution in [0.4, 0.5) is 5.00 Å². The number of esters is 2. The molecular formula is C19H25NO7S2. The Morgan fingerprint density at radius 1 is 1.24 bits per heavy atom. The standard InChI is InChI=1S/C19H25NO7S2/c1-3-26-19(23)15-13-6-4-5-7-14(13)28-17(15)20-16(21)11(2)27-18(22)12-8-9-29(24,25)10-12/h11-12H,3-10H2,1-2H3,(H,20,21). The van der Waals surface area contributed by atoms with E-state index in [-0.39, 0.29) is 24.5 Å². The second-order valence-corrected chi connectivity index (χ2v) is 10.6. The van der Waals surface area contributed by atoms with Crippen molar-refractivity contribution >= 4 is 44.0 Å². The van der Waals surface area contributed by atoms with Gasteiger partial charge in [0.1, 0.15) is 5.00 Å². The Morgan fingerprint density at radius 2 is 1.97 bits per heavy atom. The fraction of sp³-hybridized carbons (Fsp3) is 0.632. The summed E-state index contributed by atoms with van der Waals surface area (Å²) in [6.07, 6.45) is 2.71. The molecule has 2 atom stereocenters. The number of nitrogens with one attached hydrogen (secondary N) is 1. The minimum Gasteiger partial charge on any atom is -0.462 e. The van der Waals surface area contributed by atoms with Crippen LogP contribution in [0.3, 0.4) is 0 Å². The predicted molar refractivity (Wildman–Crippen MR) is 108 cm³/mol. The summed E-state index contributed by atoms with van der Waals surface area (Å²) in [7, 11) is -3.22. The van der Waals surface area contributed by atoms with Crippen LogP contribution < -0.4 is 5.32 Å². The van der Waals surface area contributed by atoms with Gasteiger partial charge in [0, 0.05) is 4.88 Å². The summed E-state index contributed by atoms with van der Waals surface area (Å²) in [5.41, 5.74) is 1.32. The molecule has 1 aromatic heterocycles. The summed E-state index contributed by atoms with van der Waals surface area (Å²) in [6, 6.07) is 0. The van der Waals surface area contributed by atoms with E-state index in [1.54, 1.807) is 6.92 Å². The highest BCUT2D eigenvalue weighted by molar-refractivity contribution is 7.91. The molecule has 29 heavy (non-hydrogen) atoms. The summed E-state index contributed by atoms with van der Waals surface area (Å²) >= 11 is 1.35. The van der Waals surface area contributed by atoms with Gasteiger partial charge in [-0.3, -0.25) is 9.59 Å². The lowest BCUT2D eigenvalue weighted by atomic mass is 9.95. The molecule has 0 spiro atoms. The molecule has 1 aliphatic carbocycles. The molecule has 1 saturated heterocycles. The number of anilines is 1. The molecule has 10 heteroatoms. The van der Waals surface area contributed by atoms with E-state index in [2.05, 4.69) is 5.32 Å². The van der Waals surface area contributed by atoms with Gasteiger partial charge in [-0.2, -0.15) is 0 Å². The predicted octanol–water partition coefficient (Wildman–Crippen LogP) is 2.11. The lowest BCUT2D eigenvalue weighted by Gasteiger charge is -2.16. The first-order valence-corrected chi connectivity index (χ1v) is 12.4. The number of carbonyl (C=O) groups excluding carboxylic acids is 3. The molecule has 2 unspecified atom stereocenters. The minimum atomic E-state index is -3.22. The summed E-state index contributed by atoms with van der Waals surface area (Å²) in [6.45, 7) is 3.38. The van der Waals surface area contributed by atoms with Crippen LogP contribution in [-0.2, 0) is 41.7 Å². The highest BCUT2D eigenvalue weighted by atomic mass is 32.2. The van der Waals surface area contributed by atoms with Crippen molar-refractivity contribution in [3.63, 3.8) is 0 Å². The topological polar surface area (TPSA) is 116 Å². The monoisotopic (exact) mass is 443 g/mol. The lowest BCUT2D eigenvalue weighted by molar-refractivity contribution is -0.156. The van der Waals surface area contributed by atoms with Crippen molar-refractivity contribution in [2.24, 2.45) is 5.92 Å². The Bertz CT molecular complexity index is 919. The van der Waals surface area contributed by atoms with Crippen molar-refractivity contribution < 1.29 is 32.3 Å². The van der Waals surface area contributed by atoms with Crippen molar-refractivity contribution in [3.8, 4) is 0 Å². The molecule has 2 aliphatic rings. The first-order chi connectivity index (χ1) is 13.7. The number of hydrogen-bond acceptors (Lipinski definition) is 8. The Morgan fingerprint density at radius 3 is 2.62 bits per heavy atom. The third-order valence-corrected chi connectivity index (χ3v) is 8.09. The number of fused-ring (bicyclic) bond motifs is 1. The molecule has 1 fully saturated rings. The quantitative estimate of drug-likeness (QED) is 0.669. The molecule has 2 heterocycles. The van der Waals surface area contributed by atoms with E-state index < -0.39 is 39.7 Å². The average Bonchev–Trinajstić information content (AvgIpc) is 3.21. The van der Waals surface area contributed by atoms with Crippen LogP contribution in [0, 0.1) is 5.92 Å². The van der Waals surface area contributed by atoms with Gasteiger partial charge in [0.2, 0.25) is 0 Å². The Kier molecular flexibility index (Phi) is 6.62. The van der Waals surface area contributed by atoms with Crippen molar-refractivity contribution in [1.82, 2.24) is 0 Å². The van der Waals surface area contributed by atoms with Gasteiger partial charge in [-0.05, 0) is 51.5 Å². The minimum absolute atomic E-state index is 0.0446. The lowest BCUT2D eigenvalue weighted by Crippen LogP contribution is -2.32. The summed E-state index contributed by atoms with van der Waals surface area (Å²) < 4.78 is 33.4. The van der Waals surface area contributed by atoms with E-state index in [9.17, 15) is 22.8 Å². The van der Waals surface area contributed by atoms with Crippen LogP contribution >= 0.6 is 11.3 Å². The van der Waals surface area contributed by atoms with Gasteiger partial charge >= 0.3 is 11.9 Å². The van der Waals surface area contributed by atoms with Crippen LogP contribution in [0.1, 0.15) is 53.9 Å². The van der Waals surface area contributed by atoms with Crippen molar-refractivity contribution in [1.29, 1.82) is 0 Å². The number of carbonyl (C=O) groups is 3. The molecule has 0 saturated carbocycles. The van der Waals surface area contributed by atoms with Crippen LogP contribution in [0.2, 0.25) is 0 Å². The van der Waals surface area contributed by atoms with Crippen LogP contribution in [0.15, 0.2) is 0 Å². The van der Waals surface area contributed by atoms with Gasteiger partial charge in [-0.25, -0.2) is 13.2 Å². The molecule has 0 radical (unpaired) electrons. The maximum atomic E-state index is 12.6. The van der Waals surface area contributed by atoms with E-state index in [0.29, 0.717) is 10.6 Å². The Hall–Kier alpha value is -1.94. The number of hydrogen-bond donors (Lipinski definition) is 1. The molecule has 1 N–H and O–H groups in total. The molecule has 160 valence electrons. The number of amides is 1. The van der Waals surface area contributed by atoms with Crippen LogP contribution in [-0.4, -0.2) is 50.5 Å². The average molecular weight is 444 g/mol. The molecule has 8 nitrogen and oxygen atoms in total. The molecule has 1 aromatic rings. The highest BCUT2D eigenvalue weighted by Crippen LogP contribution is 2.38. The number of aryl methyl sites for hydroxylation is 1. The van der Waals surface area contributed by atoms with Crippen molar-refractivity contribution in [2.75, 3.05) is 23.4 Å². The number of rotatable bonds is 6. The third-order valence-electron chi connectivity index (χ3n) is 5.12. The summed E-state index contributed by atoms with van der Waals surface area (Å²) in [5.74, 6) is -2.75. The van der Waals surface area contributed by atoms with E-state index in [4.69, 9.17) is 9.47 Å². The van der Waals surface area contributed by atoms with Crippen LogP contribution in [0.25, 0.3) is 0 Å². The van der Waals surface area contributed by atoms with E-state index >= 15 is 0 Å². The SMILES string of the molecule is CCOC(=O)c1c(NC(=O)C(C)OC(=O)C2CCS(=O)(=O)C2)sc2c1CCCC2. The van der Waals surface area contributed by atoms with Gasteiger partial charge in [-0.15, -0.1) is 11.3 Å². The van der Waals surface area contributed by atoms with Crippen molar-refractivity contribution in [3.05, 3.63) is 16.0 Å². The largest absolute Gasteiger partial charge is 0.462 e. The molecule has 1 aliphatic heterocycles. The van der Waals surface area contributed by atoms with Gasteiger partial charge in [-0.1, -0.05) is 0 Å². The zero-order valence-corrected chi connectivity index (χ0v) is 18.1. The van der Waals surface area contributed by atoms with Gasteiger partial charge < -0.3 is 14.8 Å². The van der Waals surface area contributed by atoms with Gasteiger partial charge in [0.25, 0.3) is 5.91 Å². The fourth-order valence-corrected chi connectivity index (χ4v) is 6.60. The molecule has 3 rings (SSSR count). The first kappa shape index (κ1) is 21.8. The maximum Gasteiger partial charge on any atom is 0.341 e. The first-order valence-electron chi connectivity index (χ1n) is 9.75. The molecule has 1 amide bonds. The zero-order valence-electron chi connectivity index (χ0n) is 16.5. The molecular weight excluding hydrogens is 418 g/mol.